The SMILES string of the molecule is Cc1cccc(NC(=O)COc2c(CO)cc(F)cc2CO)c1. The molecule has 0 heterocycles. The third-order valence-electron chi connectivity index (χ3n) is 3.20. The molecule has 0 radical (unpaired) electrons. The number of rotatable bonds is 6. The van der Waals surface area contributed by atoms with Crippen molar-refractivity contribution in [2.75, 3.05) is 11.9 Å². The molecule has 0 aromatic heterocycles. The summed E-state index contributed by atoms with van der Waals surface area (Å²) in [6.45, 7) is 0.671. The predicted octanol–water partition coefficient (Wildman–Crippen LogP) is 2.14. The van der Waals surface area contributed by atoms with Gasteiger partial charge in [0.2, 0.25) is 0 Å². The van der Waals surface area contributed by atoms with Crippen LogP contribution in [0.2, 0.25) is 0 Å². The molecule has 0 atom stereocenters. The van der Waals surface area contributed by atoms with Gasteiger partial charge in [0.25, 0.3) is 5.91 Å². The van der Waals surface area contributed by atoms with E-state index in [1.54, 1.807) is 6.07 Å². The van der Waals surface area contributed by atoms with Gasteiger partial charge in [-0.15, -0.1) is 0 Å². The predicted molar refractivity (Wildman–Crippen MR) is 83.5 cm³/mol. The number of carbonyl (C=O) groups excluding carboxylic acids is 1. The number of aryl methyl sites for hydroxylation is 1. The number of anilines is 1. The summed E-state index contributed by atoms with van der Waals surface area (Å²) in [5.41, 5.74) is 2.00. The normalized spacial score (nSPS) is 10.4. The first-order valence-corrected chi connectivity index (χ1v) is 7.06. The van der Waals surface area contributed by atoms with Crippen LogP contribution in [0.4, 0.5) is 10.1 Å². The van der Waals surface area contributed by atoms with Crippen LogP contribution in [0.25, 0.3) is 0 Å². The summed E-state index contributed by atoms with van der Waals surface area (Å²) in [5.74, 6) is -0.863. The van der Waals surface area contributed by atoms with Gasteiger partial charge in [-0.2, -0.15) is 0 Å². The number of amides is 1. The van der Waals surface area contributed by atoms with Crippen LogP contribution in [-0.2, 0) is 18.0 Å². The lowest BCUT2D eigenvalue weighted by Gasteiger charge is -2.14. The molecule has 0 saturated carbocycles. The van der Waals surface area contributed by atoms with Gasteiger partial charge in [-0.25, -0.2) is 4.39 Å². The van der Waals surface area contributed by atoms with Crippen LogP contribution in [0.15, 0.2) is 36.4 Å². The zero-order valence-corrected chi connectivity index (χ0v) is 12.7. The van der Waals surface area contributed by atoms with Crippen LogP contribution in [0.1, 0.15) is 16.7 Å². The number of hydrogen-bond acceptors (Lipinski definition) is 4. The summed E-state index contributed by atoms with van der Waals surface area (Å²) in [6.07, 6.45) is 0. The fourth-order valence-corrected chi connectivity index (χ4v) is 2.19. The van der Waals surface area contributed by atoms with Gasteiger partial charge in [-0.1, -0.05) is 12.1 Å². The van der Waals surface area contributed by atoms with E-state index < -0.39 is 24.9 Å². The first-order chi connectivity index (χ1) is 11.0. The van der Waals surface area contributed by atoms with Crippen LogP contribution in [0.3, 0.4) is 0 Å². The second-order valence-electron chi connectivity index (χ2n) is 5.08. The smallest absolute Gasteiger partial charge is 0.262 e. The summed E-state index contributed by atoms with van der Waals surface area (Å²) < 4.78 is 18.7. The van der Waals surface area contributed by atoms with Crippen LogP contribution < -0.4 is 10.1 Å². The monoisotopic (exact) mass is 319 g/mol. The summed E-state index contributed by atoms with van der Waals surface area (Å²) in [6, 6.07) is 9.50. The molecule has 5 nitrogen and oxygen atoms in total. The van der Waals surface area contributed by atoms with Gasteiger partial charge in [-0.3, -0.25) is 4.79 Å². The van der Waals surface area contributed by atoms with E-state index in [0.29, 0.717) is 5.69 Å². The van der Waals surface area contributed by atoms with Gasteiger partial charge in [-0.05, 0) is 36.8 Å². The lowest BCUT2D eigenvalue weighted by atomic mass is 10.1. The summed E-state index contributed by atoms with van der Waals surface area (Å²) in [4.78, 5) is 11.9. The first kappa shape index (κ1) is 16.9. The Morgan fingerprint density at radius 3 is 2.39 bits per heavy atom. The van der Waals surface area contributed by atoms with E-state index in [1.165, 1.54) is 0 Å². The second kappa shape index (κ2) is 7.71. The maximum atomic E-state index is 13.3. The third-order valence-corrected chi connectivity index (χ3v) is 3.20. The van der Waals surface area contributed by atoms with Gasteiger partial charge >= 0.3 is 0 Å². The van der Waals surface area contributed by atoms with Gasteiger partial charge in [0, 0.05) is 16.8 Å². The lowest BCUT2D eigenvalue weighted by Crippen LogP contribution is -2.21. The molecule has 0 saturated heterocycles. The molecule has 0 fully saturated rings. The molecule has 0 aliphatic rings. The maximum absolute atomic E-state index is 13.3. The van der Waals surface area contributed by atoms with Crippen molar-refractivity contribution >= 4 is 11.6 Å². The fourth-order valence-electron chi connectivity index (χ4n) is 2.19. The van der Waals surface area contributed by atoms with Crippen molar-refractivity contribution in [3.8, 4) is 5.75 Å². The van der Waals surface area contributed by atoms with Crippen molar-refractivity contribution in [3.63, 3.8) is 0 Å². The Labute approximate surface area is 133 Å². The Hall–Kier alpha value is -2.44. The van der Waals surface area contributed by atoms with Gasteiger partial charge < -0.3 is 20.3 Å². The van der Waals surface area contributed by atoms with Crippen LogP contribution in [-0.4, -0.2) is 22.7 Å². The molecule has 3 N–H and O–H groups in total. The minimum absolute atomic E-state index is 0.121. The molecule has 0 spiro atoms. The molecule has 0 bridgehead atoms. The molecular weight excluding hydrogens is 301 g/mol. The van der Waals surface area contributed by atoms with E-state index in [-0.39, 0.29) is 23.5 Å². The Morgan fingerprint density at radius 2 is 1.83 bits per heavy atom. The molecule has 0 unspecified atom stereocenters. The number of hydrogen-bond donors (Lipinski definition) is 3. The summed E-state index contributed by atoms with van der Waals surface area (Å²) in [7, 11) is 0. The molecular formula is C17H18FNO4. The molecule has 1 amide bonds. The number of nitrogens with one attached hydrogen (secondary N) is 1. The number of carbonyl (C=O) groups is 1. The fraction of sp³-hybridized carbons (Fsp3) is 0.235. The molecule has 2 aromatic carbocycles. The van der Waals surface area contributed by atoms with Crippen LogP contribution >= 0.6 is 0 Å². The molecule has 2 rings (SSSR count). The molecule has 2 aromatic rings. The van der Waals surface area contributed by atoms with Crippen molar-refractivity contribution in [1.29, 1.82) is 0 Å². The van der Waals surface area contributed by atoms with Crippen LogP contribution in [0, 0.1) is 12.7 Å². The highest BCUT2D eigenvalue weighted by atomic mass is 19.1. The quantitative estimate of drug-likeness (QED) is 0.762. The minimum Gasteiger partial charge on any atom is -0.483 e. The number of halogens is 1. The van der Waals surface area contributed by atoms with Crippen molar-refractivity contribution < 1.29 is 24.1 Å². The Morgan fingerprint density at radius 1 is 1.17 bits per heavy atom. The Kier molecular flexibility index (Phi) is 5.67. The zero-order chi connectivity index (χ0) is 16.8. The first-order valence-electron chi connectivity index (χ1n) is 7.06. The summed E-state index contributed by atoms with van der Waals surface area (Å²) >= 11 is 0. The van der Waals surface area contributed by atoms with Crippen molar-refractivity contribution in [3.05, 3.63) is 58.9 Å². The highest BCUT2D eigenvalue weighted by Crippen LogP contribution is 2.26. The van der Waals surface area contributed by atoms with Crippen molar-refractivity contribution in [2.24, 2.45) is 0 Å². The Bertz CT molecular complexity index is 678. The van der Waals surface area contributed by atoms with E-state index in [0.717, 1.165) is 17.7 Å². The third kappa shape index (κ3) is 4.51. The standard InChI is InChI=1S/C17H18FNO4/c1-11-3-2-4-15(5-11)19-16(22)10-23-17-12(8-20)6-14(18)7-13(17)9-21/h2-7,20-21H,8-10H2,1H3,(H,19,22). The summed E-state index contributed by atoms with van der Waals surface area (Å²) in [5, 5.41) is 21.2. The highest BCUT2D eigenvalue weighted by molar-refractivity contribution is 5.91. The van der Waals surface area contributed by atoms with E-state index in [2.05, 4.69) is 5.32 Å². The van der Waals surface area contributed by atoms with Gasteiger partial charge in [0.05, 0.1) is 13.2 Å². The van der Waals surface area contributed by atoms with Gasteiger partial charge in [0.1, 0.15) is 11.6 Å². The second-order valence-corrected chi connectivity index (χ2v) is 5.08. The van der Waals surface area contributed by atoms with Crippen molar-refractivity contribution in [1.82, 2.24) is 0 Å². The molecule has 122 valence electrons. The molecule has 0 aliphatic carbocycles. The van der Waals surface area contributed by atoms with E-state index >= 15 is 0 Å². The van der Waals surface area contributed by atoms with E-state index in [9.17, 15) is 19.4 Å². The van der Waals surface area contributed by atoms with E-state index in [1.807, 2.05) is 25.1 Å². The minimum atomic E-state index is -0.588. The van der Waals surface area contributed by atoms with Gasteiger partial charge in [0.15, 0.2) is 6.61 Å². The van der Waals surface area contributed by atoms with E-state index in [4.69, 9.17) is 4.74 Å². The van der Waals surface area contributed by atoms with Crippen LogP contribution in [0.5, 0.6) is 5.75 Å². The highest BCUT2D eigenvalue weighted by Gasteiger charge is 2.13. The Balaban J connectivity index is 2.07. The average Bonchev–Trinajstić information content (AvgIpc) is 2.52. The maximum Gasteiger partial charge on any atom is 0.262 e. The zero-order valence-electron chi connectivity index (χ0n) is 12.7. The molecule has 0 aliphatic heterocycles. The molecule has 6 heteroatoms. The lowest BCUT2D eigenvalue weighted by molar-refractivity contribution is -0.118. The average molecular weight is 319 g/mol. The largest absolute Gasteiger partial charge is 0.483 e. The van der Waals surface area contributed by atoms with Crippen molar-refractivity contribution in [2.45, 2.75) is 20.1 Å². The molecule has 23 heavy (non-hydrogen) atoms. The number of benzene rings is 2. The number of aliphatic hydroxyl groups excluding tert-OH is 2. The number of aliphatic hydroxyl groups is 2. The topological polar surface area (TPSA) is 78.8 Å². The number of ether oxygens (including phenoxy) is 1.